The van der Waals surface area contributed by atoms with Crippen LogP contribution >= 0.6 is 0 Å². The van der Waals surface area contributed by atoms with Crippen LogP contribution < -0.4 is 0 Å². The summed E-state index contributed by atoms with van der Waals surface area (Å²) in [6, 6.07) is 0. The first-order valence-electron chi connectivity index (χ1n) is 14.8. The van der Waals surface area contributed by atoms with E-state index in [-0.39, 0.29) is 40.5 Å². The molecule has 1 saturated heterocycles. The lowest BCUT2D eigenvalue weighted by Gasteiger charge is -2.63. The molecule has 0 aromatic rings. The summed E-state index contributed by atoms with van der Waals surface area (Å²) < 4.78 is 12.5. The van der Waals surface area contributed by atoms with Crippen molar-refractivity contribution < 1.29 is 24.5 Å². The van der Waals surface area contributed by atoms with Crippen LogP contribution in [0.25, 0.3) is 0 Å². The molecule has 6 fully saturated rings. The smallest absolute Gasteiger partial charge is 0.303 e. The fraction of sp³-hybridized carbons (Fsp3) is 0.968. The number of esters is 1. The minimum Gasteiger partial charge on any atom is -0.457 e. The van der Waals surface area contributed by atoms with Gasteiger partial charge in [-0.1, -0.05) is 34.6 Å². The fourth-order valence-corrected chi connectivity index (χ4v) is 12.2. The number of fused-ring (bicyclic) bond motifs is 4. The van der Waals surface area contributed by atoms with Gasteiger partial charge in [-0.3, -0.25) is 4.79 Å². The molecule has 0 radical (unpaired) electrons. The molecule has 6 rings (SSSR count). The first-order valence-corrected chi connectivity index (χ1v) is 14.8. The molecular weight excluding hydrogens is 452 g/mol. The highest BCUT2D eigenvalue weighted by atomic mass is 16.6. The van der Waals surface area contributed by atoms with Crippen LogP contribution in [0.15, 0.2) is 0 Å². The number of ether oxygens (including phenoxy) is 2. The molecule has 6 aliphatic rings. The van der Waals surface area contributed by atoms with E-state index in [1.165, 1.54) is 26.2 Å². The van der Waals surface area contributed by atoms with Crippen molar-refractivity contribution in [3.05, 3.63) is 0 Å². The highest BCUT2D eigenvalue weighted by Gasteiger charge is 2.84. The van der Waals surface area contributed by atoms with E-state index in [0.29, 0.717) is 34.5 Å². The van der Waals surface area contributed by atoms with Crippen LogP contribution in [0.5, 0.6) is 0 Å². The summed E-state index contributed by atoms with van der Waals surface area (Å²) in [4.78, 5) is 11.8. The van der Waals surface area contributed by atoms with E-state index in [2.05, 4.69) is 34.6 Å². The van der Waals surface area contributed by atoms with Crippen molar-refractivity contribution in [2.45, 2.75) is 137 Å². The van der Waals surface area contributed by atoms with Crippen molar-refractivity contribution in [2.75, 3.05) is 0 Å². The zero-order valence-corrected chi connectivity index (χ0v) is 23.9. The second-order valence-corrected chi connectivity index (χ2v) is 15.7. The molecule has 204 valence electrons. The minimum absolute atomic E-state index is 0.0240. The monoisotopic (exact) mass is 502 g/mol. The van der Waals surface area contributed by atoms with Crippen LogP contribution in [0.4, 0.5) is 0 Å². The molecule has 1 heterocycles. The van der Waals surface area contributed by atoms with Crippen LogP contribution in [0.2, 0.25) is 0 Å². The SMILES string of the molecule is CC(=O)OC(C)(C)[C@H]1C[C@@H](C)[C@H]2[C@H](O1)[C@H](O)[C@@]1(C)[C@@H]3CC[C@H]4C(C)(C)[C@@H](O)CCC45C[C@@]35CC[C@]21C. The number of hydrogen-bond acceptors (Lipinski definition) is 5. The second-order valence-electron chi connectivity index (χ2n) is 15.7. The van der Waals surface area contributed by atoms with E-state index >= 15 is 0 Å². The fourth-order valence-electron chi connectivity index (χ4n) is 12.2. The van der Waals surface area contributed by atoms with Gasteiger partial charge in [-0.2, -0.15) is 0 Å². The molecule has 0 bridgehead atoms. The maximum absolute atomic E-state index is 12.3. The van der Waals surface area contributed by atoms with Gasteiger partial charge in [0.15, 0.2) is 0 Å². The third kappa shape index (κ3) is 2.77. The Bertz CT molecular complexity index is 959. The van der Waals surface area contributed by atoms with Crippen LogP contribution in [0.3, 0.4) is 0 Å². The van der Waals surface area contributed by atoms with Crippen molar-refractivity contribution in [1.29, 1.82) is 0 Å². The molecular formula is C31H50O5. The van der Waals surface area contributed by atoms with Crippen LogP contribution in [0.1, 0.15) is 107 Å². The lowest BCUT2D eigenvalue weighted by molar-refractivity contribution is -0.210. The normalized spacial score (nSPS) is 56.9. The predicted octanol–water partition coefficient (Wildman–Crippen LogP) is 5.50. The van der Waals surface area contributed by atoms with E-state index in [1.807, 2.05) is 13.8 Å². The largest absolute Gasteiger partial charge is 0.457 e. The number of hydrogen-bond donors (Lipinski definition) is 2. The maximum Gasteiger partial charge on any atom is 0.303 e. The predicted molar refractivity (Wildman–Crippen MR) is 138 cm³/mol. The molecule has 1 unspecified atom stereocenters. The third-order valence-corrected chi connectivity index (χ3v) is 14.0. The molecule has 5 saturated carbocycles. The Balaban J connectivity index is 1.35. The van der Waals surface area contributed by atoms with E-state index in [9.17, 15) is 15.0 Å². The van der Waals surface area contributed by atoms with Gasteiger partial charge in [0.05, 0.1) is 24.4 Å². The van der Waals surface area contributed by atoms with E-state index in [4.69, 9.17) is 9.47 Å². The summed E-state index contributed by atoms with van der Waals surface area (Å²) in [5.41, 5.74) is -0.232. The summed E-state index contributed by atoms with van der Waals surface area (Å²) in [6.07, 6.45) is 7.83. The molecule has 0 amide bonds. The molecule has 0 aromatic carbocycles. The van der Waals surface area contributed by atoms with Crippen LogP contribution in [-0.4, -0.2) is 46.2 Å². The van der Waals surface area contributed by atoms with Gasteiger partial charge in [0.25, 0.3) is 0 Å². The molecule has 5 heteroatoms. The number of carbonyl (C=O) groups excluding carboxylic acids is 1. The number of rotatable bonds is 2. The summed E-state index contributed by atoms with van der Waals surface area (Å²) >= 11 is 0. The summed E-state index contributed by atoms with van der Waals surface area (Å²) in [5.74, 6) is 1.52. The Kier molecular flexibility index (Phi) is 5.19. The Hall–Kier alpha value is -0.650. The number of carbonyl (C=O) groups is 1. The average molecular weight is 503 g/mol. The second kappa shape index (κ2) is 7.30. The lowest BCUT2D eigenvalue weighted by Crippen LogP contribution is -2.59. The first-order chi connectivity index (χ1) is 16.6. The quantitative estimate of drug-likeness (QED) is 0.488. The molecule has 36 heavy (non-hydrogen) atoms. The van der Waals surface area contributed by atoms with Crippen molar-refractivity contribution in [3.63, 3.8) is 0 Å². The molecule has 0 aromatic heterocycles. The van der Waals surface area contributed by atoms with Gasteiger partial charge in [-0.05, 0) is 111 Å². The topological polar surface area (TPSA) is 76.0 Å². The summed E-state index contributed by atoms with van der Waals surface area (Å²) in [6.45, 7) is 17.2. The Morgan fingerprint density at radius 3 is 2.28 bits per heavy atom. The average Bonchev–Trinajstić information content (AvgIpc) is 3.40. The van der Waals surface area contributed by atoms with Crippen molar-refractivity contribution in [2.24, 2.45) is 50.7 Å². The van der Waals surface area contributed by atoms with E-state index < -0.39 is 11.7 Å². The highest BCUT2D eigenvalue weighted by molar-refractivity contribution is 5.66. The molecule has 2 spiro atoms. The Morgan fingerprint density at radius 2 is 1.61 bits per heavy atom. The van der Waals surface area contributed by atoms with E-state index in [0.717, 1.165) is 32.1 Å². The third-order valence-electron chi connectivity index (χ3n) is 14.0. The van der Waals surface area contributed by atoms with Gasteiger partial charge < -0.3 is 19.7 Å². The van der Waals surface area contributed by atoms with Gasteiger partial charge in [-0.15, -0.1) is 0 Å². The van der Waals surface area contributed by atoms with Gasteiger partial charge in [0.1, 0.15) is 5.60 Å². The standard InChI is InChI=1S/C31H50O5/c1-17-15-22(27(5,6)36-18(2)32)35-24-23(17)28(7)13-14-31-16-30(31)12-11-21(33)26(3,4)19(30)9-10-20(31)29(28,8)25(24)34/h17,19-25,33-34H,9-16H2,1-8H3/t17-,19+,20+,21+,22-,23+,24+,25+,28-,29-,30?,31+/m1/s1. The zero-order chi connectivity index (χ0) is 26.3. The molecule has 12 atom stereocenters. The van der Waals surface area contributed by atoms with E-state index in [1.54, 1.807) is 0 Å². The van der Waals surface area contributed by atoms with Gasteiger partial charge >= 0.3 is 5.97 Å². The van der Waals surface area contributed by atoms with Crippen molar-refractivity contribution in [3.8, 4) is 0 Å². The molecule has 1 aliphatic heterocycles. The zero-order valence-electron chi connectivity index (χ0n) is 23.9. The Labute approximate surface area is 218 Å². The Morgan fingerprint density at radius 1 is 0.972 bits per heavy atom. The van der Waals surface area contributed by atoms with Crippen LogP contribution in [0, 0.1) is 50.7 Å². The summed E-state index contributed by atoms with van der Waals surface area (Å²) in [7, 11) is 0. The van der Waals surface area contributed by atoms with Gasteiger partial charge in [-0.25, -0.2) is 0 Å². The van der Waals surface area contributed by atoms with Crippen molar-refractivity contribution in [1.82, 2.24) is 0 Å². The lowest BCUT2D eigenvalue weighted by atomic mass is 9.41. The van der Waals surface area contributed by atoms with Crippen LogP contribution in [-0.2, 0) is 14.3 Å². The van der Waals surface area contributed by atoms with Gasteiger partial charge in [0.2, 0.25) is 0 Å². The number of aliphatic hydroxyl groups is 2. The maximum atomic E-state index is 12.3. The van der Waals surface area contributed by atoms with Gasteiger partial charge in [0, 0.05) is 12.3 Å². The highest BCUT2D eigenvalue weighted by Crippen LogP contribution is 2.89. The molecule has 5 aliphatic carbocycles. The minimum atomic E-state index is -0.714. The molecule has 2 N–H and O–H groups in total. The van der Waals surface area contributed by atoms with Crippen molar-refractivity contribution >= 4 is 5.97 Å². The number of aliphatic hydroxyl groups excluding tert-OH is 2. The molecule has 5 nitrogen and oxygen atoms in total. The summed E-state index contributed by atoms with van der Waals surface area (Å²) in [5, 5.41) is 23.2. The first kappa shape index (κ1) is 25.6.